The molecule has 0 amide bonds. The monoisotopic (exact) mass is 249 g/mol. The van der Waals surface area contributed by atoms with E-state index in [0.717, 1.165) is 30.9 Å². The summed E-state index contributed by atoms with van der Waals surface area (Å²) in [5.74, 6) is 0.657. The molecule has 1 aliphatic rings. The molecule has 5 nitrogen and oxygen atoms in total. The van der Waals surface area contributed by atoms with Crippen molar-refractivity contribution in [2.45, 2.75) is 19.8 Å². The summed E-state index contributed by atoms with van der Waals surface area (Å²) in [4.78, 5) is 10.4. The number of rotatable bonds is 4. The Hall–Kier alpha value is -1.62. The van der Waals surface area contributed by atoms with Gasteiger partial charge in [-0.1, -0.05) is 6.07 Å². The van der Waals surface area contributed by atoms with Crippen molar-refractivity contribution >= 4 is 11.4 Å². The molecule has 18 heavy (non-hydrogen) atoms. The number of aryl methyl sites for hydroxylation is 1. The van der Waals surface area contributed by atoms with Crippen LogP contribution in [0.2, 0.25) is 0 Å². The normalized spacial score (nSPS) is 16.5. The number of anilines is 1. The van der Waals surface area contributed by atoms with Crippen LogP contribution in [0.15, 0.2) is 18.2 Å². The maximum atomic E-state index is 10.7. The van der Waals surface area contributed by atoms with Gasteiger partial charge in [0.2, 0.25) is 0 Å². The summed E-state index contributed by atoms with van der Waals surface area (Å²) in [6, 6.07) is 4.96. The molecule has 0 aromatic heterocycles. The molecular weight excluding hydrogens is 230 g/mol. The molecule has 0 aliphatic carbocycles. The summed E-state index contributed by atoms with van der Waals surface area (Å²) in [5, 5.41) is 17.4. The van der Waals surface area contributed by atoms with Gasteiger partial charge in [0.25, 0.3) is 5.69 Å². The summed E-state index contributed by atoms with van der Waals surface area (Å²) in [6.07, 6.45) is 2.34. The first-order valence-electron chi connectivity index (χ1n) is 6.36. The zero-order chi connectivity index (χ0) is 13.0. The zero-order valence-corrected chi connectivity index (χ0v) is 10.6. The van der Waals surface area contributed by atoms with E-state index >= 15 is 0 Å². The molecule has 1 heterocycles. The average molecular weight is 249 g/mol. The Kier molecular flexibility index (Phi) is 4.15. The highest BCUT2D eigenvalue weighted by molar-refractivity contribution is 5.56. The van der Waals surface area contributed by atoms with E-state index in [1.807, 2.05) is 6.92 Å². The Morgan fingerprint density at radius 2 is 2.17 bits per heavy atom. The van der Waals surface area contributed by atoms with E-state index in [1.54, 1.807) is 18.2 Å². The first-order chi connectivity index (χ1) is 8.66. The van der Waals surface area contributed by atoms with E-state index in [9.17, 15) is 10.1 Å². The molecule has 5 heteroatoms. The van der Waals surface area contributed by atoms with E-state index in [1.165, 1.54) is 12.8 Å². The van der Waals surface area contributed by atoms with Crippen LogP contribution in [0.25, 0.3) is 0 Å². The molecule has 1 aromatic rings. The number of benzene rings is 1. The largest absolute Gasteiger partial charge is 0.384 e. The summed E-state index contributed by atoms with van der Waals surface area (Å²) in [7, 11) is 0. The van der Waals surface area contributed by atoms with Crippen LogP contribution in [0.1, 0.15) is 18.4 Å². The first kappa shape index (κ1) is 12.8. The number of nitro benzene ring substituents is 1. The predicted molar refractivity (Wildman–Crippen MR) is 71.9 cm³/mol. The number of nitro groups is 1. The van der Waals surface area contributed by atoms with Crippen LogP contribution in [0.3, 0.4) is 0 Å². The average Bonchev–Trinajstić information content (AvgIpc) is 2.38. The molecule has 0 unspecified atom stereocenters. The Bertz CT molecular complexity index is 428. The summed E-state index contributed by atoms with van der Waals surface area (Å²) in [6.45, 7) is 5.00. The van der Waals surface area contributed by atoms with Crippen molar-refractivity contribution in [3.63, 3.8) is 0 Å². The van der Waals surface area contributed by atoms with Gasteiger partial charge in [0.1, 0.15) is 0 Å². The number of hydrogen-bond acceptors (Lipinski definition) is 4. The standard InChI is InChI=1S/C13H19N3O2/c1-10-2-3-12(16(17)18)8-13(10)15-9-11-4-6-14-7-5-11/h2-3,8,11,14-15H,4-7,9H2,1H3. The van der Waals surface area contributed by atoms with Crippen LogP contribution in [-0.4, -0.2) is 24.6 Å². The van der Waals surface area contributed by atoms with Gasteiger partial charge in [0.15, 0.2) is 0 Å². The van der Waals surface area contributed by atoms with Gasteiger partial charge in [-0.3, -0.25) is 10.1 Å². The molecule has 1 aromatic carbocycles. The molecule has 0 saturated carbocycles. The van der Waals surface area contributed by atoms with Crippen molar-refractivity contribution in [3.05, 3.63) is 33.9 Å². The minimum Gasteiger partial charge on any atom is -0.384 e. The molecule has 0 atom stereocenters. The highest BCUT2D eigenvalue weighted by Crippen LogP contribution is 2.23. The van der Waals surface area contributed by atoms with Gasteiger partial charge in [-0.2, -0.15) is 0 Å². The van der Waals surface area contributed by atoms with Crippen LogP contribution < -0.4 is 10.6 Å². The highest BCUT2D eigenvalue weighted by atomic mass is 16.6. The van der Waals surface area contributed by atoms with Crippen molar-refractivity contribution in [2.75, 3.05) is 25.0 Å². The van der Waals surface area contributed by atoms with Gasteiger partial charge < -0.3 is 10.6 Å². The number of hydrogen-bond donors (Lipinski definition) is 2. The fourth-order valence-electron chi connectivity index (χ4n) is 2.25. The first-order valence-corrected chi connectivity index (χ1v) is 6.36. The van der Waals surface area contributed by atoms with Gasteiger partial charge in [-0.25, -0.2) is 0 Å². The number of non-ortho nitro benzene ring substituents is 1. The van der Waals surface area contributed by atoms with Gasteiger partial charge in [-0.15, -0.1) is 0 Å². The lowest BCUT2D eigenvalue weighted by Gasteiger charge is -2.23. The molecule has 1 saturated heterocycles. The topological polar surface area (TPSA) is 67.2 Å². The minimum absolute atomic E-state index is 0.147. The number of nitrogens with one attached hydrogen (secondary N) is 2. The Morgan fingerprint density at radius 3 is 2.83 bits per heavy atom. The molecule has 1 fully saturated rings. The van der Waals surface area contributed by atoms with Crippen molar-refractivity contribution in [3.8, 4) is 0 Å². The third kappa shape index (κ3) is 3.20. The van der Waals surface area contributed by atoms with Crippen LogP contribution in [0.5, 0.6) is 0 Å². The van der Waals surface area contributed by atoms with Gasteiger partial charge in [0, 0.05) is 24.4 Å². The van der Waals surface area contributed by atoms with Crippen molar-refractivity contribution in [1.82, 2.24) is 5.32 Å². The quantitative estimate of drug-likeness (QED) is 0.634. The van der Waals surface area contributed by atoms with E-state index in [2.05, 4.69) is 10.6 Å². The molecule has 98 valence electrons. The third-order valence-electron chi connectivity index (χ3n) is 3.47. The fourth-order valence-corrected chi connectivity index (χ4v) is 2.25. The van der Waals surface area contributed by atoms with Gasteiger partial charge in [-0.05, 0) is 44.3 Å². The van der Waals surface area contributed by atoms with E-state index < -0.39 is 0 Å². The second kappa shape index (κ2) is 5.82. The third-order valence-corrected chi connectivity index (χ3v) is 3.47. The van der Waals surface area contributed by atoms with Gasteiger partial charge >= 0.3 is 0 Å². The molecule has 2 N–H and O–H groups in total. The SMILES string of the molecule is Cc1ccc([N+](=O)[O-])cc1NCC1CCNCC1. The second-order valence-corrected chi connectivity index (χ2v) is 4.83. The smallest absolute Gasteiger partial charge is 0.271 e. The van der Waals surface area contributed by atoms with Crippen LogP contribution in [0.4, 0.5) is 11.4 Å². The molecule has 0 radical (unpaired) electrons. The Morgan fingerprint density at radius 1 is 1.44 bits per heavy atom. The second-order valence-electron chi connectivity index (χ2n) is 4.83. The maximum Gasteiger partial charge on any atom is 0.271 e. The molecule has 2 rings (SSSR count). The van der Waals surface area contributed by atoms with E-state index in [-0.39, 0.29) is 10.6 Å². The summed E-state index contributed by atoms with van der Waals surface area (Å²) < 4.78 is 0. The van der Waals surface area contributed by atoms with Crippen molar-refractivity contribution in [1.29, 1.82) is 0 Å². The fraction of sp³-hybridized carbons (Fsp3) is 0.538. The molecular formula is C13H19N3O2. The lowest BCUT2D eigenvalue weighted by Crippen LogP contribution is -2.31. The molecule has 0 spiro atoms. The lowest BCUT2D eigenvalue weighted by molar-refractivity contribution is -0.384. The number of piperidine rings is 1. The Balaban J connectivity index is 1.99. The van der Waals surface area contributed by atoms with E-state index in [4.69, 9.17) is 0 Å². The van der Waals surface area contributed by atoms with Crippen LogP contribution >= 0.6 is 0 Å². The summed E-state index contributed by atoms with van der Waals surface area (Å²) in [5.41, 5.74) is 2.07. The van der Waals surface area contributed by atoms with Crippen molar-refractivity contribution < 1.29 is 4.92 Å². The molecule has 0 bridgehead atoms. The van der Waals surface area contributed by atoms with E-state index in [0.29, 0.717) is 5.92 Å². The zero-order valence-electron chi connectivity index (χ0n) is 10.6. The van der Waals surface area contributed by atoms with Crippen LogP contribution in [0, 0.1) is 23.0 Å². The van der Waals surface area contributed by atoms with Gasteiger partial charge in [0.05, 0.1) is 4.92 Å². The lowest BCUT2D eigenvalue weighted by atomic mass is 9.98. The maximum absolute atomic E-state index is 10.7. The Labute approximate surface area is 107 Å². The number of nitrogens with zero attached hydrogens (tertiary/aromatic N) is 1. The summed E-state index contributed by atoms with van der Waals surface area (Å²) >= 11 is 0. The van der Waals surface area contributed by atoms with Crippen molar-refractivity contribution in [2.24, 2.45) is 5.92 Å². The molecule has 1 aliphatic heterocycles. The predicted octanol–water partition coefficient (Wildman–Crippen LogP) is 2.31. The minimum atomic E-state index is -0.352. The van der Waals surface area contributed by atoms with Crippen LogP contribution in [-0.2, 0) is 0 Å². The highest BCUT2D eigenvalue weighted by Gasteiger charge is 2.14.